The first kappa shape index (κ1) is 106. The standard InChI is InChI=1S/C30H29N3O.C22H29N3O.C20H24ClN3O.C20H25N3O.C17H19N3O.C13H11N3O/c1-29(2,21-13-7-5-8-14-21)23-19-24(30(3,4)22-15-9-6-10-16-22)28(34)27(20-23)33-31-25-17-11-12-18-26(25)32-33;1-7-21(3,4)15-13-16(22(5,6)8-2)20(26)19(14-15)25-23-17-11-9-10-12-18(17)24-25;1-19(2,3)12-9-14(20(4,5)6)18(25)17(10-12)24-22-15-8-7-13(21)11-16(15)23-24;1-19(2,3)13-11-14(20(4,5)6)18(24)17(12-13)23-21-15-9-7-8-10-16(15)22-23;1-11-9-12(17(2,3)4)16(21)15(10-11)20-18-13-7-5-6-8-14(13)19-20;1-9-6-7-13(17)12(8-9)16-14-10-4-2-3-5-11(10)15-16/h5-20,34H,1-4H3;9-14,26H,7-8H2,1-6H3;7-11,25H,1-6H3;7-12,24H,1-6H3;5-10,21H,1-4H3;2-8,17H,1H3. The molecular weight excluding hydrogens is 1850 g/mol. The molecule has 0 spiro atoms. The van der Waals surface area contributed by atoms with Crippen molar-refractivity contribution in [3.8, 4) is 68.6 Å². The molecule has 0 unspecified atom stereocenters. The summed E-state index contributed by atoms with van der Waals surface area (Å²) in [5, 5.41) is 120. The SMILES string of the molecule is CC(C)(C)c1cc(-n2nc3ccc(Cl)cc3n2)c(O)c(C(C)(C)C)c1.CC(C)(C)c1cc(-n2nc3ccccc3n2)c(O)c(C(C)(C)C)c1.CC(C)(c1ccccc1)c1cc(-n2nc3ccccc3n2)c(O)c(C(C)(C)c2ccccc2)c1.CCC(C)(C)c1cc(-n2nc3ccccc3n2)c(O)c(C(C)(C)CC)c1.Cc1cc(-n2nc3ccccc3n2)c(O)c(C(C)(C)C)c1.Cc1ccc(O)c(-n2nc3ccccc3n2)c1. The molecule has 0 aliphatic heterocycles. The number of benzene rings is 14. The lowest BCUT2D eigenvalue weighted by molar-refractivity contribution is 0.420. The van der Waals surface area contributed by atoms with E-state index in [1.807, 2.05) is 214 Å². The van der Waals surface area contributed by atoms with E-state index in [-0.39, 0.29) is 77.8 Å². The highest BCUT2D eigenvalue weighted by molar-refractivity contribution is 6.31. The normalized spacial score (nSPS) is 12.3. The molecule has 0 amide bonds. The van der Waals surface area contributed by atoms with E-state index < -0.39 is 5.41 Å². The second-order valence-electron chi connectivity index (χ2n) is 45.5. The van der Waals surface area contributed by atoms with Crippen molar-refractivity contribution in [1.82, 2.24) is 90.0 Å². The molecule has 147 heavy (non-hydrogen) atoms. The second kappa shape index (κ2) is 41.2. The number of hydrogen-bond acceptors (Lipinski definition) is 18. The number of nitrogens with zero attached hydrogens (tertiary/aromatic N) is 18. The average Bonchev–Trinajstić information content (AvgIpc) is 1.74. The van der Waals surface area contributed by atoms with Crippen molar-refractivity contribution in [3.05, 3.63) is 356 Å². The number of halogens is 1. The minimum Gasteiger partial charge on any atom is -0.506 e. The van der Waals surface area contributed by atoms with Gasteiger partial charge in [0.15, 0.2) is 0 Å². The lowest BCUT2D eigenvalue weighted by atomic mass is 9.72. The summed E-state index contributed by atoms with van der Waals surface area (Å²) in [7, 11) is 0. The van der Waals surface area contributed by atoms with Crippen LogP contribution in [-0.2, 0) is 48.7 Å². The van der Waals surface area contributed by atoms with Gasteiger partial charge in [-0.1, -0.05) is 342 Å². The largest absolute Gasteiger partial charge is 0.506 e. The number of fused-ring (bicyclic) bond motifs is 6. The molecule has 6 N–H and O–H groups in total. The van der Waals surface area contributed by atoms with Crippen LogP contribution in [0.25, 0.3) is 100 Å². The van der Waals surface area contributed by atoms with Crippen molar-refractivity contribution < 1.29 is 30.6 Å². The third-order valence-electron chi connectivity index (χ3n) is 27.6. The Labute approximate surface area is 866 Å². The van der Waals surface area contributed by atoms with Gasteiger partial charge in [0, 0.05) is 43.7 Å². The smallest absolute Gasteiger partial charge is 0.147 e. The van der Waals surface area contributed by atoms with Gasteiger partial charge >= 0.3 is 0 Å². The lowest BCUT2D eigenvalue weighted by Crippen LogP contribution is -2.24. The van der Waals surface area contributed by atoms with Gasteiger partial charge in [0.25, 0.3) is 0 Å². The first-order valence-electron chi connectivity index (χ1n) is 50.0. The molecule has 20 rings (SSSR count). The van der Waals surface area contributed by atoms with Gasteiger partial charge in [-0.3, -0.25) is 0 Å². The summed E-state index contributed by atoms with van der Waals surface area (Å²) in [6, 6.07) is 90.5. The van der Waals surface area contributed by atoms with Crippen LogP contribution < -0.4 is 0 Å². The second-order valence-corrected chi connectivity index (χ2v) is 45.9. The van der Waals surface area contributed by atoms with Gasteiger partial charge in [-0.2, -0.15) is 0 Å². The van der Waals surface area contributed by atoms with Crippen molar-refractivity contribution in [3.63, 3.8) is 0 Å². The Hall–Kier alpha value is -15.4. The quantitative estimate of drug-likeness (QED) is 0.0589. The first-order chi connectivity index (χ1) is 69.1. The summed E-state index contributed by atoms with van der Waals surface area (Å²) in [6.07, 6.45) is 1.95. The fourth-order valence-electron chi connectivity index (χ4n) is 17.4. The van der Waals surface area contributed by atoms with Crippen molar-refractivity contribution in [2.24, 2.45) is 0 Å². The predicted octanol–water partition coefficient (Wildman–Crippen LogP) is 28.5. The van der Waals surface area contributed by atoms with Crippen LogP contribution in [0.4, 0.5) is 0 Å². The summed E-state index contributed by atoms with van der Waals surface area (Å²) in [6.45, 7) is 57.6. The Morgan fingerprint density at radius 2 is 0.469 bits per heavy atom. The van der Waals surface area contributed by atoms with E-state index in [1.54, 1.807) is 32.6 Å². The lowest BCUT2D eigenvalue weighted by Gasteiger charge is -2.32. The zero-order valence-corrected chi connectivity index (χ0v) is 90.3. The summed E-state index contributed by atoms with van der Waals surface area (Å²) in [5.41, 5.74) is 25.3. The number of aryl methyl sites for hydroxylation is 2. The molecule has 14 aromatic carbocycles. The Kier molecular flexibility index (Phi) is 29.7. The van der Waals surface area contributed by atoms with Crippen LogP contribution in [-0.4, -0.2) is 121 Å². The minimum absolute atomic E-state index is 0.00754. The van der Waals surface area contributed by atoms with Crippen molar-refractivity contribution in [2.75, 3.05) is 0 Å². The maximum Gasteiger partial charge on any atom is 0.147 e. The number of phenolic OH excluding ortho intramolecular Hbond substituents is 6. The van der Waals surface area contributed by atoms with Gasteiger partial charge in [-0.05, 0) is 230 Å². The monoisotopic (exact) mass is 1990 g/mol. The van der Waals surface area contributed by atoms with E-state index in [1.165, 1.54) is 25.5 Å². The first-order valence-corrected chi connectivity index (χ1v) is 50.4. The molecule has 0 atom stereocenters. The highest BCUT2D eigenvalue weighted by atomic mass is 35.5. The Bertz CT molecular complexity index is 8000. The molecule has 0 bridgehead atoms. The molecule has 0 fully saturated rings. The number of hydrogen-bond donors (Lipinski definition) is 6. The van der Waals surface area contributed by atoms with Gasteiger partial charge in [-0.25, -0.2) is 0 Å². The molecule has 0 saturated heterocycles. The number of aromatic hydroxyl groups is 6. The predicted molar refractivity (Wildman–Crippen MR) is 595 cm³/mol. The molecule has 0 saturated carbocycles. The summed E-state index contributed by atoms with van der Waals surface area (Å²) in [5.74, 6) is 1.35. The highest BCUT2D eigenvalue weighted by Crippen LogP contribution is 2.48. The molecule has 758 valence electrons. The van der Waals surface area contributed by atoms with E-state index in [9.17, 15) is 30.6 Å². The maximum absolute atomic E-state index is 11.6. The summed E-state index contributed by atoms with van der Waals surface area (Å²) in [4.78, 5) is 9.17. The molecule has 0 aliphatic rings. The third kappa shape index (κ3) is 23.1. The van der Waals surface area contributed by atoms with Crippen molar-refractivity contribution in [1.29, 1.82) is 0 Å². The molecule has 0 radical (unpaired) electrons. The van der Waals surface area contributed by atoms with Gasteiger partial charge < -0.3 is 30.6 Å². The zero-order chi connectivity index (χ0) is 106. The fourth-order valence-corrected chi connectivity index (χ4v) is 17.5. The molecule has 6 aromatic heterocycles. The maximum atomic E-state index is 11.6. The van der Waals surface area contributed by atoms with Crippen molar-refractivity contribution >= 4 is 77.8 Å². The highest BCUT2D eigenvalue weighted by Gasteiger charge is 2.36. The van der Waals surface area contributed by atoms with Crippen LogP contribution in [0.3, 0.4) is 0 Å². The molecule has 20 aromatic rings. The van der Waals surface area contributed by atoms with Crippen LogP contribution >= 0.6 is 11.6 Å². The Morgan fingerprint density at radius 1 is 0.211 bits per heavy atom. The van der Waals surface area contributed by atoms with Gasteiger partial charge in [0.2, 0.25) is 0 Å². The molecule has 24 nitrogen and oxygen atoms in total. The average molecular weight is 1990 g/mol. The minimum atomic E-state index is -0.435. The molecule has 0 aliphatic carbocycles. The van der Waals surface area contributed by atoms with Crippen LogP contribution in [0.5, 0.6) is 34.5 Å². The number of rotatable bonds is 14. The third-order valence-corrected chi connectivity index (χ3v) is 27.8. The van der Waals surface area contributed by atoms with E-state index >= 15 is 0 Å². The Morgan fingerprint density at radius 3 is 0.803 bits per heavy atom. The fraction of sp³-hybridized carbons (Fsp3) is 0.311. The number of phenols is 6. The topological polar surface area (TPSA) is 306 Å². The van der Waals surface area contributed by atoms with Crippen LogP contribution in [0.15, 0.2) is 279 Å². The number of aromatic nitrogens is 18. The van der Waals surface area contributed by atoms with Gasteiger partial charge in [0.1, 0.15) is 135 Å². The zero-order valence-electron chi connectivity index (χ0n) is 89.6. The Balaban J connectivity index is 0.000000134. The summed E-state index contributed by atoms with van der Waals surface area (Å²) >= 11 is 6.05. The molecule has 6 heterocycles. The van der Waals surface area contributed by atoms with Gasteiger partial charge in [0.05, 0.1) is 0 Å². The van der Waals surface area contributed by atoms with Crippen LogP contribution in [0.1, 0.15) is 258 Å². The van der Waals surface area contributed by atoms with E-state index in [2.05, 4.69) is 295 Å². The summed E-state index contributed by atoms with van der Waals surface area (Å²) < 4.78 is 0. The van der Waals surface area contributed by atoms with E-state index in [0.717, 1.165) is 135 Å². The molecule has 25 heteroatoms. The molecular formula is C122H137ClN18O6. The van der Waals surface area contributed by atoms with Crippen molar-refractivity contribution in [2.45, 2.75) is 249 Å². The van der Waals surface area contributed by atoms with E-state index in [4.69, 9.17) is 11.6 Å². The van der Waals surface area contributed by atoms with Gasteiger partial charge in [-0.15, -0.1) is 90.0 Å². The van der Waals surface area contributed by atoms with Crippen LogP contribution in [0.2, 0.25) is 5.02 Å². The van der Waals surface area contributed by atoms with E-state index in [0.29, 0.717) is 44.7 Å². The van der Waals surface area contributed by atoms with Crippen LogP contribution in [0, 0.1) is 13.8 Å².